The molecule has 3 rings (SSSR count). The average Bonchev–Trinajstić information content (AvgIpc) is 3.02. The summed E-state index contributed by atoms with van der Waals surface area (Å²) in [7, 11) is -3.60. The maximum atomic E-state index is 13.3. The highest BCUT2D eigenvalue weighted by molar-refractivity contribution is 7.91. The van der Waals surface area contributed by atoms with E-state index in [0.29, 0.717) is 5.39 Å². The van der Waals surface area contributed by atoms with Crippen molar-refractivity contribution >= 4 is 20.7 Å². The van der Waals surface area contributed by atoms with E-state index in [1.165, 1.54) is 37.4 Å². The van der Waals surface area contributed by atoms with Gasteiger partial charge in [-0.1, -0.05) is 6.92 Å². The van der Waals surface area contributed by atoms with Crippen molar-refractivity contribution in [3.63, 3.8) is 0 Å². The largest absolute Gasteiger partial charge is 0.455 e. The zero-order valence-corrected chi connectivity index (χ0v) is 15.2. The molecule has 5 nitrogen and oxygen atoms in total. The summed E-state index contributed by atoms with van der Waals surface area (Å²) < 4.78 is 89.3. The van der Waals surface area contributed by atoms with Gasteiger partial charge in [-0.25, -0.2) is 8.42 Å². The van der Waals surface area contributed by atoms with E-state index in [9.17, 15) is 30.4 Å². The van der Waals surface area contributed by atoms with Crippen LogP contribution in [0.3, 0.4) is 0 Å². The summed E-state index contributed by atoms with van der Waals surface area (Å²) in [4.78, 5) is 8.05. The van der Waals surface area contributed by atoms with Crippen molar-refractivity contribution in [2.45, 2.75) is 30.5 Å². The van der Waals surface area contributed by atoms with Gasteiger partial charge in [0.25, 0.3) is 0 Å². The second kappa shape index (κ2) is 6.80. The molecule has 150 valence electrons. The molecular formula is C17H14F5N3O2S. The van der Waals surface area contributed by atoms with Gasteiger partial charge in [-0.05, 0) is 24.3 Å². The van der Waals surface area contributed by atoms with Gasteiger partial charge in [0.05, 0.1) is 34.6 Å². The Morgan fingerprint density at radius 3 is 2.46 bits per heavy atom. The predicted octanol–water partition coefficient (Wildman–Crippen LogP) is 4.09. The Kier molecular flexibility index (Phi) is 4.90. The number of halogens is 5. The zero-order valence-electron chi connectivity index (χ0n) is 14.4. The van der Waals surface area contributed by atoms with Crippen LogP contribution in [0, 0.1) is 0 Å². The number of hydrogen-bond donors (Lipinski definition) is 0. The fourth-order valence-corrected chi connectivity index (χ4v) is 3.70. The van der Waals surface area contributed by atoms with Crippen molar-refractivity contribution in [2.75, 3.05) is 5.75 Å². The topological polar surface area (TPSA) is 64.8 Å². The molecule has 0 amide bonds. The maximum Gasteiger partial charge on any atom is 0.455 e. The Morgan fingerprint density at radius 1 is 1.11 bits per heavy atom. The molecular weight excluding hydrogens is 405 g/mol. The lowest BCUT2D eigenvalue weighted by atomic mass is 10.2. The molecule has 0 radical (unpaired) electrons. The third-order valence-electron chi connectivity index (χ3n) is 4.17. The molecule has 0 aliphatic carbocycles. The summed E-state index contributed by atoms with van der Waals surface area (Å²) in [6.07, 6.45) is -2.08. The summed E-state index contributed by atoms with van der Waals surface area (Å²) in [5, 5.41) is 0.327. The Bertz CT molecular complexity index is 1120. The van der Waals surface area contributed by atoms with Crippen molar-refractivity contribution < 1.29 is 30.4 Å². The van der Waals surface area contributed by atoms with Crippen LogP contribution in [0.2, 0.25) is 0 Å². The molecule has 0 bridgehead atoms. The number of fused-ring (bicyclic) bond motifs is 1. The molecule has 0 N–H and O–H groups in total. The van der Waals surface area contributed by atoms with Gasteiger partial charge in [0.2, 0.25) is 0 Å². The Hall–Kier alpha value is -2.56. The van der Waals surface area contributed by atoms with Gasteiger partial charge in [0, 0.05) is 17.8 Å². The molecule has 3 aromatic rings. The van der Waals surface area contributed by atoms with Crippen molar-refractivity contribution in [2.24, 2.45) is 0 Å². The van der Waals surface area contributed by atoms with Crippen LogP contribution in [0.5, 0.6) is 0 Å². The van der Waals surface area contributed by atoms with Crippen LogP contribution in [-0.2, 0) is 16.4 Å². The summed E-state index contributed by atoms with van der Waals surface area (Å²) in [5.74, 6) is -5.06. The SMILES string of the molecule is CCS(=O)(=O)c1cccnc1-c1cc2ccn(CC(F)(F)C(F)(F)F)c2cn1. The Labute approximate surface area is 156 Å². The summed E-state index contributed by atoms with van der Waals surface area (Å²) in [6.45, 7) is -0.107. The first-order valence-corrected chi connectivity index (χ1v) is 9.69. The highest BCUT2D eigenvalue weighted by atomic mass is 32.2. The van der Waals surface area contributed by atoms with Crippen molar-refractivity contribution in [1.82, 2.24) is 14.5 Å². The van der Waals surface area contributed by atoms with Crippen LogP contribution >= 0.6 is 0 Å². The predicted molar refractivity (Wildman–Crippen MR) is 91.7 cm³/mol. The van der Waals surface area contributed by atoms with Gasteiger partial charge in [0.15, 0.2) is 9.84 Å². The highest BCUT2D eigenvalue weighted by Crippen LogP contribution is 2.37. The lowest BCUT2D eigenvalue weighted by Gasteiger charge is -2.20. The first kappa shape index (κ1) is 20.2. The van der Waals surface area contributed by atoms with Crippen molar-refractivity contribution in [3.05, 3.63) is 42.9 Å². The number of alkyl halides is 5. The van der Waals surface area contributed by atoms with Gasteiger partial charge in [-0.2, -0.15) is 22.0 Å². The number of hydrogen-bond acceptors (Lipinski definition) is 4. The molecule has 3 heterocycles. The average molecular weight is 419 g/mol. The van der Waals surface area contributed by atoms with Gasteiger partial charge >= 0.3 is 12.1 Å². The quantitative estimate of drug-likeness (QED) is 0.585. The van der Waals surface area contributed by atoms with E-state index < -0.39 is 28.5 Å². The third kappa shape index (κ3) is 3.58. The van der Waals surface area contributed by atoms with Crippen LogP contribution in [0.15, 0.2) is 47.8 Å². The molecule has 3 aromatic heterocycles. The molecule has 0 spiro atoms. The van der Waals surface area contributed by atoms with E-state index in [0.717, 1.165) is 17.0 Å². The molecule has 11 heteroatoms. The summed E-state index contributed by atoms with van der Waals surface area (Å²) in [6, 6.07) is 5.58. The van der Waals surface area contributed by atoms with E-state index in [1.54, 1.807) is 0 Å². The lowest BCUT2D eigenvalue weighted by Crippen LogP contribution is -2.40. The van der Waals surface area contributed by atoms with Crippen LogP contribution < -0.4 is 0 Å². The van der Waals surface area contributed by atoms with E-state index in [4.69, 9.17) is 0 Å². The molecule has 28 heavy (non-hydrogen) atoms. The van der Waals surface area contributed by atoms with E-state index >= 15 is 0 Å². The Morgan fingerprint density at radius 2 is 1.82 bits per heavy atom. The third-order valence-corrected chi connectivity index (χ3v) is 5.93. The number of sulfone groups is 1. The fourth-order valence-electron chi connectivity index (χ4n) is 2.65. The first-order chi connectivity index (χ1) is 13.0. The molecule has 0 saturated heterocycles. The van der Waals surface area contributed by atoms with Crippen molar-refractivity contribution in [3.8, 4) is 11.4 Å². The number of pyridine rings is 2. The number of rotatable bonds is 5. The van der Waals surface area contributed by atoms with E-state index in [1.807, 2.05) is 0 Å². The molecule has 0 fully saturated rings. The second-order valence-corrected chi connectivity index (χ2v) is 8.27. The zero-order chi connectivity index (χ0) is 20.7. The lowest BCUT2D eigenvalue weighted by molar-refractivity contribution is -0.286. The minimum absolute atomic E-state index is 0.0348. The van der Waals surface area contributed by atoms with Gasteiger partial charge in [-0.3, -0.25) is 9.97 Å². The minimum atomic E-state index is -5.67. The molecule has 0 unspecified atom stereocenters. The monoisotopic (exact) mass is 419 g/mol. The maximum absolute atomic E-state index is 13.3. The second-order valence-electron chi connectivity index (χ2n) is 6.03. The number of nitrogens with zero attached hydrogens (tertiary/aromatic N) is 3. The van der Waals surface area contributed by atoms with Crippen molar-refractivity contribution in [1.29, 1.82) is 0 Å². The summed E-state index contributed by atoms with van der Waals surface area (Å²) in [5.41, 5.74) is 0.309. The summed E-state index contributed by atoms with van der Waals surface area (Å²) >= 11 is 0. The number of aromatic nitrogens is 3. The Balaban J connectivity index is 2.06. The molecule has 0 saturated carbocycles. The normalized spacial score (nSPS) is 13.2. The van der Waals surface area contributed by atoms with Crippen LogP contribution in [0.4, 0.5) is 22.0 Å². The van der Waals surface area contributed by atoms with E-state index in [2.05, 4.69) is 9.97 Å². The highest BCUT2D eigenvalue weighted by Gasteiger charge is 2.57. The van der Waals surface area contributed by atoms with Gasteiger partial charge in [-0.15, -0.1) is 0 Å². The minimum Gasteiger partial charge on any atom is -0.340 e. The standard InChI is InChI=1S/C17H14F5N3O2S/c1-2-28(26,27)14-4-3-6-23-15(14)12-8-11-5-7-25(13(11)9-24-12)10-16(18,19)17(20,21)22/h3-9H,2,10H2,1H3. The van der Waals surface area contributed by atoms with Gasteiger partial charge in [0.1, 0.15) is 5.69 Å². The molecule has 0 atom stereocenters. The van der Waals surface area contributed by atoms with Crippen LogP contribution in [0.1, 0.15) is 6.92 Å². The van der Waals surface area contributed by atoms with Crippen LogP contribution in [0.25, 0.3) is 22.3 Å². The molecule has 0 aliphatic rings. The molecule has 0 aromatic carbocycles. The smallest absolute Gasteiger partial charge is 0.340 e. The fraction of sp³-hybridized carbons (Fsp3) is 0.294. The molecule has 0 aliphatic heterocycles. The first-order valence-electron chi connectivity index (χ1n) is 8.04. The van der Waals surface area contributed by atoms with Gasteiger partial charge < -0.3 is 4.57 Å². The van der Waals surface area contributed by atoms with E-state index in [-0.39, 0.29) is 27.6 Å². The van der Waals surface area contributed by atoms with Crippen LogP contribution in [-0.4, -0.2) is 40.8 Å².